The van der Waals surface area contributed by atoms with Crippen molar-refractivity contribution < 1.29 is 28.7 Å². The van der Waals surface area contributed by atoms with Crippen molar-refractivity contribution in [3.63, 3.8) is 0 Å². The summed E-state index contributed by atoms with van der Waals surface area (Å²) in [6.07, 6.45) is 0.724. The van der Waals surface area contributed by atoms with Gasteiger partial charge in [-0.25, -0.2) is 9.59 Å². The van der Waals surface area contributed by atoms with Crippen LogP contribution in [-0.4, -0.2) is 42.9 Å². The largest absolute Gasteiger partial charge is 0.482 e. The molecule has 25 heavy (non-hydrogen) atoms. The summed E-state index contributed by atoms with van der Waals surface area (Å²) in [7, 11) is 0. The zero-order valence-corrected chi connectivity index (χ0v) is 14.5. The van der Waals surface area contributed by atoms with Gasteiger partial charge < -0.3 is 14.8 Å². The van der Waals surface area contributed by atoms with Gasteiger partial charge in [0.2, 0.25) is 0 Å². The van der Waals surface area contributed by atoms with Gasteiger partial charge in [-0.3, -0.25) is 14.9 Å². The zero-order chi connectivity index (χ0) is 18.8. The van der Waals surface area contributed by atoms with E-state index in [0.29, 0.717) is 11.3 Å². The number of carbonyl (C=O) groups excluding carboxylic acids is 4. The predicted molar refractivity (Wildman–Crippen MR) is 89.3 cm³/mol. The summed E-state index contributed by atoms with van der Waals surface area (Å²) in [6.45, 7) is 4.15. The van der Waals surface area contributed by atoms with Gasteiger partial charge in [0.25, 0.3) is 5.91 Å². The lowest BCUT2D eigenvalue weighted by molar-refractivity contribution is -0.150. The molecule has 1 rings (SSSR count). The Balaban J connectivity index is 2.29. The molecule has 8 heteroatoms. The van der Waals surface area contributed by atoms with E-state index in [2.05, 4.69) is 10.6 Å². The molecule has 8 nitrogen and oxygen atoms in total. The standard InChI is InChI=1S/C17H22N2O6/c1-4-11(2)18-17(23)19-15(21)9-25-16(22)10-24-14-7-5-13(6-8-14)12(3)20/h5-8,11H,4,9-10H2,1-3H3,(H2,18,19,21,23)/t11-/m0/s1. The molecule has 1 aromatic rings. The summed E-state index contributed by atoms with van der Waals surface area (Å²) in [5.41, 5.74) is 0.530. The van der Waals surface area contributed by atoms with Crippen LogP contribution in [0.4, 0.5) is 4.79 Å². The van der Waals surface area contributed by atoms with E-state index in [4.69, 9.17) is 9.47 Å². The van der Waals surface area contributed by atoms with Crippen LogP contribution in [0, 0.1) is 0 Å². The van der Waals surface area contributed by atoms with Crippen LogP contribution in [0.15, 0.2) is 24.3 Å². The molecule has 0 aromatic heterocycles. The molecule has 0 saturated heterocycles. The molecular weight excluding hydrogens is 328 g/mol. The number of imide groups is 1. The van der Waals surface area contributed by atoms with E-state index in [1.54, 1.807) is 31.2 Å². The number of rotatable bonds is 8. The molecule has 0 bridgehead atoms. The molecule has 2 N–H and O–H groups in total. The molecule has 0 fully saturated rings. The Kier molecular flexibility index (Phi) is 8.11. The summed E-state index contributed by atoms with van der Waals surface area (Å²) in [4.78, 5) is 45.6. The number of esters is 1. The van der Waals surface area contributed by atoms with Gasteiger partial charge in [-0.1, -0.05) is 6.92 Å². The maximum Gasteiger partial charge on any atom is 0.344 e. The summed E-state index contributed by atoms with van der Waals surface area (Å²) < 4.78 is 9.90. The Labute approximate surface area is 145 Å². The average Bonchev–Trinajstić information content (AvgIpc) is 2.58. The number of carbonyl (C=O) groups is 4. The second-order valence-electron chi connectivity index (χ2n) is 5.36. The predicted octanol–water partition coefficient (Wildman–Crippen LogP) is 1.44. The molecule has 0 saturated carbocycles. The fourth-order valence-electron chi connectivity index (χ4n) is 1.64. The van der Waals surface area contributed by atoms with E-state index in [9.17, 15) is 19.2 Å². The number of amides is 3. The Morgan fingerprint density at radius 2 is 1.72 bits per heavy atom. The van der Waals surface area contributed by atoms with Crippen LogP contribution in [0.2, 0.25) is 0 Å². The van der Waals surface area contributed by atoms with Crippen molar-refractivity contribution in [2.24, 2.45) is 0 Å². The molecule has 0 aliphatic carbocycles. The van der Waals surface area contributed by atoms with Crippen molar-refractivity contribution in [1.82, 2.24) is 10.6 Å². The van der Waals surface area contributed by atoms with Crippen molar-refractivity contribution in [2.75, 3.05) is 13.2 Å². The fourth-order valence-corrected chi connectivity index (χ4v) is 1.64. The monoisotopic (exact) mass is 350 g/mol. The van der Waals surface area contributed by atoms with Gasteiger partial charge in [-0.2, -0.15) is 0 Å². The van der Waals surface area contributed by atoms with E-state index < -0.39 is 31.1 Å². The Morgan fingerprint density at radius 3 is 2.28 bits per heavy atom. The summed E-state index contributed by atoms with van der Waals surface area (Å²) in [5, 5.41) is 4.60. The van der Waals surface area contributed by atoms with Gasteiger partial charge in [-0.15, -0.1) is 0 Å². The first kappa shape index (κ1) is 20.1. The lowest BCUT2D eigenvalue weighted by Crippen LogP contribution is -2.44. The van der Waals surface area contributed by atoms with E-state index in [-0.39, 0.29) is 11.8 Å². The first-order valence-electron chi connectivity index (χ1n) is 7.81. The van der Waals surface area contributed by atoms with Crippen LogP contribution in [0.1, 0.15) is 37.6 Å². The van der Waals surface area contributed by atoms with Crippen molar-refractivity contribution >= 4 is 23.7 Å². The number of ether oxygens (including phenoxy) is 2. The molecule has 0 spiro atoms. The minimum Gasteiger partial charge on any atom is -0.482 e. The van der Waals surface area contributed by atoms with Gasteiger partial charge >= 0.3 is 12.0 Å². The highest BCUT2D eigenvalue weighted by Crippen LogP contribution is 2.12. The topological polar surface area (TPSA) is 111 Å². The van der Waals surface area contributed by atoms with Crippen LogP contribution in [0.5, 0.6) is 5.75 Å². The Morgan fingerprint density at radius 1 is 1.08 bits per heavy atom. The van der Waals surface area contributed by atoms with Gasteiger partial charge in [0.05, 0.1) is 0 Å². The quantitative estimate of drug-likeness (QED) is 0.542. The molecule has 1 aromatic carbocycles. The van der Waals surface area contributed by atoms with Crippen LogP contribution in [0.3, 0.4) is 0 Å². The maximum absolute atomic E-state index is 11.5. The Hall–Kier alpha value is -2.90. The smallest absolute Gasteiger partial charge is 0.344 e. The van der Waals surface area contributed by atoms with Crippen molar-refractivity contribution in [3.05, 3.63) is 29.8 Å². The van der Waals surface area contributed by atoms with Gasteiger partial charge in [0, 0.05) is 11.6 Å². The van der Waals surface area contributed by atoms with E-state index in [1.807, 2.05) is 6.92 Å². The number of nitrogens with one attached hydrogen (secondary N) is 2. The molecule has 0 heterocycles. The number of urea groups is 1. The molecule has 0 aliphatic rings. The molecule has 0 radical (unpaired) electrons. The fraction of sp³-hybridized carbons (Fsp3) is 0.412. The first-order chi connectivity index (χ1) is 11.8. The minimum atomic E-state index is -0.756. The lowest BCUT2D eigenvalue weighted by atomic mass is 10.1. The van der Waals surface area contributed by atoms with Crippen molar-refractivity contribution in [3.8, 4) is 5.75 Å². The second-order valence-corrected chi connectivity index (χ2v) is 5.36. The van der Waals surface area contributed by atoms with Gasteiger partial charge in [-0.05, 0) is 44.5 Å². The highest BCUT2D eigenvalue weighted by Gasteiger charge is 2.12. The summed E-state index contributed by atoms with van der Waals surface area (Å²) >= 11 is 0. The Bertz CT molecular complexity index is 627. The number of Topliss-reactive ketones (excluding diaryl/α,β-unsaturated/α-hetero) is 1. The van der Waals surface area contributed by atoms with E-state index in [1.165, 1.54) is 6.92 Å². The number of hydrogen-bond acceptors (Lipinski definition) is 6. The third-order valence-electron chi connectivity index (χ3n) is 3.22. The van der Waals surface area contributed by atoms with Crippen LogP contribution < -0.4 is 15.4 Å². The molecule has 0 unspecified atom stereocenters. The molecule has 136 valence electrons. The molecular formula is C17H22N2O6. The lowest BCUT2D eigenvalue weighted by Gasteiger charge is -2.12. The zero-order valence-electron chi connectivity index (χ0n) is 14.5. The van der Waals surface area contributed by atoms with Crippen LogP contribution in [-0.2, 0) is 14.3 Å². The molecule has 1 atom stereocenters. The third kappa shape index (κ3) is 7.96. The van der Waals surface area contributed by atoms with Crippen molar-refractivity contribution in [1.29, 1.82) is 0 Å². The summed E-state index contributed by atoms with van der Waals surface area (Å²) in [6, 6.07) is 5.54. The second kappa shape index (κ2) is 10.1. The van der Waals surface area contributed by atoms with Crippen LogP contribution >= 0.6 is 0 Å². The highest BCUT2D eigenvalue weighted by atomic mass is 16.6. The maximum atomic E-state index is 11.5. The third-order valence-corrected chi connectivity index (χ3v) is 3.22. The average molecular weight is 350 g/mol. The van der Waals surface area contributed by atoms with E-state index >= 15 is 0 Å². The molecule has 3 amide bonds. The van der Waals surface area contributed by atoms with E-state index in [0.717, 1.165) is 6.42 Å². The van der Waals surface area contributed by atoms with Gasteiger partial charge in [0.1, 0.15) is 5.75 Å². The number of hydrogen-bond donors (Lipinski definition) is 2. The van der Waals surface area contributed by atoms with Crippen molar-refractivity contribution in [2.45, 2.75) is 33.2 Å². The number of benzene rings is 1. The highest BCUT2D eigenvalue weighted by molar-refractivity contribution is 5.95. The van der Waals surface area contributed by atoms with Gasteiger partial charge in [0.15, 0.2) is 19.0 Å². The number of ketones is 1. The first-order valence-corrected chi connectivity index (χ1v) is 7.81. The normalized spacial score (nSPS) is 11.2. The van der Waals surface area contributed by atoms with Crippen LogP contribution in [0.25, 0.3) is 0 Å². The summed E-state index contributed by atoms with van der Waals surface area (Å²) in [5.74, 6) is -1.18. The SMILES string of the molecule is CC[C@H](C)NC(=O)NC(=O)COC(=O)COc1ccc(C(C)=O)cc1. The minimum absolute atomic E-state index is 0.0712. The molecule has 0 aliphatic heterocycles.